The first-order valence-corrected chi connectivity index (χ1v) is 9.58. The molecule has 0 unspecified atom stereocenters. The predicted octanol–water partition coefficient (Wildman–Crippen LogP) is 4.97. The van der Waals surface area contributed by atoms with Gasteiger partial charge in [0.05, 0.1) is 7.11 Å². The maximum Gasteiger partial charge on any atom is 0.261 e. The highest BCUT2D eigenvalue weighted by atomic mass is 16.5. The van der Waals surface area contributed by atoms with E-state index in [2.05, 4.69) is 10.6 Å². The molecule has 0 radical (unpaired) electrons. The standard InChI is InChI=1S/C25H24N2O3/c1-17-10-4-7-13-21(17)26-24(28)20(16-19-12-6-9-15-23(19)30-3)25(29)27-22-14-8-5-11-18(22)2/h4-16H,1-3H3,(H,26,28)(H,27,29). The van der Waals surface area contributed by atoms with E-state index in [1.807, 2.05) is 62.4 Å². The molecule has 3 aromatic rings. The zero-order valence-corrected chi connectivity index (χ0v) is 17.2. The summed E-state index contributed by atoms with van der Waals surface area (Å²) in [6.07, 6.45) is 1.54. The lowest BCUT2D eigenvalue weighted by Gasteiger charge is -2.13. The summed E-state index contributed by atoms with van der Waals surface area (Å²) in [6, 6.07) is 22.1. The monoisotopic (exact) mass is 400 g/mol. The zero-order valence-electron chi connectivity index (χ0n) is 17.2. The van der Waals surface area contributed by atoms with Gasteiger partial charge in [-0.2, -0.15) is 0 Å². The Morgan fingerprint density at radius 3 is 1.70 bits per heavy atom. The van der Waals surface area contributed by atoms with Crippen LogP contribution in [0, 0.1) is 13.8 Å². The summed E-state index contributed by atoms with van der Waals surface area (Å²) >= 11 is 0. The number of para-hydroxylation sites is 3. The van der Waals surface area contributed by atoms with E-state index in [0.717, 1.165) is 11.1 Å². The molecule has 2 amide bonds. The third-order valence-corrected chi connectivity index (χ3v) is 4.71. The third kappa shape index (κ3) is 4.94. The molecule has 3 aromatic carbocycles. The van der Waals surface area contributed by atoms with Gasteiger partial charge in [-0.3, -0.25) is 9.59 Å². The van der Waals surface area contributed by atoms with E-state index >= 15 is 0 Å². The van der Waals surface area contributed by atoms with Crippen LogP contribution in [0.15, 0.2) is 78.4 Å². The third-order valence-electron chi connectivity index (χ3n) is 4.71. The Morgan fingerprint density at radius 1 is 0.733 bits per heavy atom. The Bertz CT molecular complexity index is 1040. The van der Waals surface area contributed by atoms with Gasteiger partial charge in [-0.1, -0.05) is 54.6 Å². The number of anilines is 2. The smallest absolute Gasteiger partial charge is 0.261 e. The second-order valence-electron chi connectivity index (χ2n) is 6.84. The van der Waals surface area contributed by atoms with Crippen LogP contribution in [0.5, 0.6) is 5.75 Å². The van der Waals surface area contributed by atoms with Crippen molar-refractivity contribution in [1.29, 1.82) is 0 Å². The average molecular weight is 400 g/mol. The Labute approximate surface area is 176 Å². The fourth-order valence-corrected chi connectivity index (χ4v) is 2.98. The molecule has 152 valence electrons. The molecule has 0 saturated carbocycles. The number of ether oxygens (including phenoxy) is 1. The summed E-state index contributed by atoms with van der Waals surface area (Å²) in [5, 5.41) is 5.68. The molecule has 0 heterocycles. The number of benzene rings is 3. The van der Waals surface area contributed by atoms with E-state index in [1.165, 1.54) is 0 Å². The van der Waals surface area contributed by atoms with Gasteiger partial charge in [-0.25, -0.2) is 0 Å². The summed E-state index contributed by atoms with van der Waals surface area (Å²) in [4.78, 5) is 26.2. The first-order valence-electron chi connectivity index (χ1n) is 9.58. The van der Waals surface area contributed by atoms with Crippen molar-refractivity contribution < 1.29 is 14.3 Å². The molecule has 5 nitrogen and oxygen atoms in total. The zero-order chi connectivity index (χ0) is 21.5. The largest absolute Gasteiger partial charge is 0.496 e. The first-order chi connectivity index (χ1) is 14.5. The minimum Gasteiger partial charge on any atom is -0.496 e. The van der Waals surface area contributed by atoms with Crippen molar-refractivity contribution in [3.8, 4) is 5.75 Å². The topological polar surface area (TPSA) is 67.4 Å². The molecule has 5 heteroatoms. The highest BCUT2D eigenvalue weighted by Crippen LogP contribution is 2.23. The van der Waals surface area contributed by atoms with Crippen LogP contribution in [0.1, 0.15) is 16.7 Å². The van der Waals surface area contributed by atoms with Crippen LogP contribution in [-0.4, -0.2) is 18.9 Å². The molecule has 0 fully saturated rings. The van der Waals surface area contributed by atoms with Crippen molar-refractivity contribution in [1.82, 2.24) is 0 Å². The summed E-state index contributed by atoms with van der Waals surface area (Å²) in [5.41, 5.74) is 3.72. The summed E-state index contributed by atoms with van der Waals surface area (Å²) in [7, 11) is 1.55. The Balaban J connectivity index is 1.98. The molecule has 3 rings (SSSR count). The van der Waals surface area contributed by atoms with Gasteiger partial charge in [0.25, 0.3) is 11.8 Å². The number of rotatable bonds is 6. The normalized spacial score (nSPS) is 10.1. The fraction of sp³-hybridized carbons (Fsp3) is 0.120. The van der Waals surface area contributed by atoms with E-state index in [-0.39, 0.29) is 5.57 Å². The summed E-state index contributed by atoms with van der Waals surface area (Å²) in [6.45, 7) is 3.79. The number of carbonyl (C=O) groups is 2. The van der Waals surface area contributed by atoms with Gasteiger partial charge < -0.3 is 15.4 Å². The minimum absolute atomic E-state index is 0.0222. The van der Waals surface area contributed by atoms with E-state index in [9.17, 15) is 9.59 Å². The van der Waals surface area contributed by atoms with Gasteiger partial charge in [0.1, 0.15) is 11.3 Å². The van der Waals surface area contributed by atoms with E-state index < -0.39 is 11.8 Å². The van der Waals surface area contributed by atoms with Crippen LogP contribution in [0.4, 0.5) is 11.4 Å². The number of hydrogen-bond acceptors (Lipinski definition) is 3. The highest BCUT2D eigenvalue weighted by Gasteiger charge is 2.20. The Morgan fingerprint density at radius 2 is 1.20 bits per heavy atom. The number of aryl methyl sites for hydroxylation is 2. The quantitative estimate of drug-likeness (QED) is 0.349. The molecule has 0 aliphatic rings. The van der Waals surface area contributed by atoms with E-state index in [0.29, 0.717) is 22.7 Å². The fourth-order valence-electron chi connectivity index (χ4n) is 2.98. The molecule has 0 aromatic heterocycles. The van der Waals surface area contributed by atoms with Crippen molar-refractivity contribution >= 4 is 29.3 Å². The van der Waals surface area contributed by atoms with Crippen molar-refractivity contribution in [2.45, 2.75) is 13.8 Å². The van der Waals surface area contributed by atoms with Gasteiger partial charge in [0, 0.05) is 16.9 Å². The predicted molar refractivity (Wildman–Crippen MR) is 121 cm³/mol. The second-order valence-corrected chi connectivity index (χ2v) is 6.84. The van der Waals surface area contributed by atoms with Crippen LogP contribution >= 0.6 is 0 Å². The van der Waals surface area contributed by atoms with Crippen molar-refractivity contribution in [2.75, 3.05) is 17.7 Å². The minimum atomic E-state index is -0.499. The molecule has 2 N–H and O–H groups in total. The second kappa shape index (κ2) is 9.56. The van der Waals surface area contributed by atoms with Crippen molar-refractivity contribution in [3.63, 3.8) is 0 Å². The molecule has 0 aliphatic heterocycles. The highest BCUT2D eigenvalue weighted by molar-refractivity contribution is 6.29. The van der Waals surface area contributed by atoms with Crippen LogP contribution in [-0.2, 0) is 9.59 Å². The van der Waals surface area contributed by atoms with Crippen molar-refractivity contribution in [2.24, 2.45) is 0 Å². The first kappa shape index (κ1) is 20.9. The van der Waals surface area contributed by atoms with Gasteiger partial charge in [-0.05, 0) is 49.2 Å². The lowest BCUT2D eigenvalue weighted by atomic mass is 10.1. The van der Waals surface area contributed by atoms with E-state index in [4.69, 9.17) is 4.74 Å². The molecule has 0 aliphatic carbocycles. The molecule has 0 spiro atoms. The maximum atomic E-state index is 13.1. The lowest BCUT2D eigenvalue weighted by Crippen LogP contribution is -2.26. The molecule has 30 heavy (non-hydrogen) atoms. The van der Waals surface area contributed by atoms with Gasteiger partial charge >= 0.3 is 0 Å². The summed E-state index contributed by atoms with van der Waals surface area (Å²) in [5.74, 6) is -0.426. The molecule has 0 atom stereocenters. The number of carbonyl (C=O) groups excluding carboxylic acids is 2. The Hall–Kier alpha value is -3.86. The maximum absolute atomic E-state index is 13.1. The summed E-state index contributed by atoms with van der Waals surface area (Å²) < 4.78 is 5.37. The molecular weight excluding hydrogens is 376 g/mol. The molecular formula is C25H24N2O3. The number of nitrogens with one attached hydrogen (secondary N) is 2. The van der Waals surface area contributed by atoms with E-state index in [1.54, 1.807) is 37.5 Å². The Kier molecular flexibility index (Phi) is 6.65. The van der Waals surface area contributed by atoms with Crippen LogP contribution in [0.3, 0.4) is 0 Å². The van der Waals surface area contributed by atoms with Gasteiger partial charge in [-0.15, -0.1) is 0 Å². The molecule has 0 saturated heterocycles. The van der Waals surface area contributed by atoms with Crippen molar-refractivity contribution in [3.05, 3.63) is 95.1 Å². The number of amides is 2. The number of methoxy groups -OCH3 is 1. The lowest BCUT2D eigenvalue weighted by molar-refractivity contribution is -0.118. The van der Waals surface area contributed by atoms with Crippen LogP contribution in [0.2, 0.25) is 0 Å². The van der Waals surface area contributed by atoms with Gasteiger partial charge in [0.2, 0.25) is 0 Å². The average Bonchev–Trinajstić information content (AvgIpc) is 2.75. The molecule has 0 bridgehead atoms. The SMILES string of the molecule is COc1ccccc1C=C(C(=O)Nc1ccccc1C)C(=O)Nc1ccccc1C. The van der Waals surface area contributed by atoms with Gasteiger partial charge in [0.15, 0.2) is 0 Å². The van der Waals surface area contributed by atoms with Crippen LogP contribution in [0.25, 0.3) is 6.08 Å². The number of hydrogen-bond donors (Lipinski definition) is 2. The van der Waals surface area contributed by atoms with Crippen LogP contribution < -0.4 is 15.4 Å².